The fourth-order valence-electron chi connectivity index (χ4n) is 4.64. The van der Waals surface area contributed by atoms with Gasteiger partial charge >= 0.3 is 0 Å². The molecule has 0 spiro atoms. The molecule has 180 valence electrons. The molecule has 1 saturated heterocycles. The Morgan fingerprint density at radius 1 is 0.971 bits per heavy atom. The first-order valence-electron chi connectivity index (χ1n) is 11.5. The number of aryl methyl sites for hydroxylation is 2. The lowest BCUT2D eigenvalue weighted by Crippen LogP contribution is -2.29. The van der Waals surface area contributed by atoms with Crippen molar-refractivity contribution < 1.29 is 24.5 Å². The fraction of sp³-hybridized carbons (Fsp3) is 0.241. The predicted molar refractivity (Wildman–Crippen MR) is 136 cm³/mol. The van der Waals surface area contributed by atoms with E-state index in [0.29, 0.717) is 28.5 Å². The van der Waals surface area contributed by atoms with Gasteiger partial charge in [0.2, 0.25) is 0 Å². The van der Waals surface area contributed by atoms with Gasteiger partial charge < -0.3 is 14.9 Å². The van der Waals surface area contributed by atoms with Gasteiger partial charge in [-0.25, -0.2) is 0 Å². The molecule has 6 heteroatoms. The van der Waals surface area contributed by atoms with E-state index in [1.807, 2.05) is 44.2 Å². The van der Waals surface area contributed by atoms with Crippen LogP contribution >= 0.6 is 0 Å². The molecule has 0 bridgehead atoms. The minimum atomic E-state index is -0.883. The Hall–Kier alpha value is -4.06. The summed E-state index contributed by atoms with van der Waals surface area (Å²) in [7, 11) is 1.50. The maximum Gasteiger partial charge on any atom is 0.300 e. The van der Waals surface area contributed by atoms with Crippen molar-refractivity contribution in [2.75, 3.05) is 12.0 Å². The Morgan fingerprint density at radius 2 is 1.60 bits per heavy atom. The number of methoxy groups -OCH3 is 1. The molecular weight excluding hydrogens is 442 g/mol. The highest BCUT2D eigenvalue weighted by molar-refractivity contribution is 6.51. The predicted octanol–water partition coefficient (Wildman–Crippen LogP) is 5.77. The molecule has 1 amide bonds. The summed E-state index contributed by atoms with van der Waals surface area (Å²) in [6, 6.07) is 16.5. The van der Waals surface area contributed by atoms with Crippen LogP contribution in [0.15, 0.2) is 66.2 Å². The van der Waals surface area contributed by atoms with E-state index in [-0.39, 0.29) is 17.1 Å². The highest BCUT2D eigenvalue weighted by atomic mass is 16.5. The van der Waals surface area contributed by atoms with Crippen molar-refractivity contribution in [3.63, 3.8) is 0 Å². The van der Waals surface area contributed by atoms with Crippen LogP contribution in [0.4, 0.5) is 5.69 Å². The van der Waals surface area contributed by atoms with Crippen LogP contribution < -0.4 is 9.64 Å². The number of ether oxygens (including phenoxy) is 1. The van der Waals surface area contributed by atoms with Gasteiger partial charge in [-0.1, -0.05) is 44.2 Å². The maximum absolute atomic E-state index is 13.4. The van der Waals surface area contributed by atoms with Crippen LogP contribution in [0.2, 0.25) is 0 Å². The number of aromatic hydroxyl groups is 1. The lowest BCUT2D eigenvalue weighted by molar-refractivity contribution is -0.132. The monoisotopic (exact) mass is 471 g/mol. The molecular formula is C29H29NO5. The van der Waals surface area contributed by atoms with Crippen LogP contribution in [0, 0.1) is 13.8 Å². The maximum atomic E-state index is 13.4. The largest absolute Gasteiger partial charge is 0.508 e. The van der Waals surface area contributed by atoms with Gasteiger partial charge in [-0.05, 0) is 72.4 Å². The number of aliphatic hydroxyl groups is 1. The van der Waals surface area contributed by atoms with E-state index in [4.69, 9.17) is 4.74 Å². The third-order valence-electron chi connectivity index (χ3n) is 6.37. The summed E-state index contributed by atoms with van der Waals surface area (Å²) in [5, 5.41) is 21.3. The number of carbonyl (C=O) groups excluding carboxylic acids is 2. The van der Waals surface area contributed by atoms with E-state index in [9.17, 15) is 19.8 Å². The second-order valence-electron chi connectivity index (χ2n) is 9.17. The minimum absolute atomic E-state index is 0.0306. The normalized spacial score (nSPS) is 17.3. The lowest BCUT2D eigenvalue weighted by atomic mass is 9.93. The van der Waals surface area contributed by atoms with E-state index < -0.39 is 17.7 Å². The van der Waals surface area contributed by atoms with E-state index >= 15 is 0 Å². The molecule has 0 aliphatic carbocycles. The molecule has 4 rings (SSSR count). The van der Waals surface area contributed by atoms with Crippen molar-refractivity contribution >= 4 is 23.1 Å². The first kappa shape index (κ1) is 24.1. The number of nitrogens with zero attached hydrogens (tertiary/aromatic N) is 1. The zero-order valence-corrected chi connectivity index (χ0v) is 20.5. The van der Waals surface area contributed by atoms with Gasteiger partial charge in [-0.15, -0.1) is 0 Å². The number of phenolic OH excluding ortho intramolecular Hbond substituents is 1. The van der Waals surface area contributed by atoms with E-state index in [0.717, 1.165) is 16.7 Å². The Kier molecular flexibility index (Phi) is 6.39. The summed E-state index contributed by atoms with van der Waals surface area (Å²) in [5.74, 6) is -1.01. The van der Waals surface area contributed by atoms with Crippen molar-refractivity contribution in [3.05, 3.63) is 94.1 Å². The van der Waals surface area contributed by atoms with E-state index in [1.165, 1.54) is 24.1 Å². The molecule has 35 heavy (non-hydrogen) atoms. The summed E-state index contributed by atoms with van der Waals surface area (Å²) in [4.78, 5) is 28.2. The number of Topliss-reactive ketones (excluding diaryl/α,β-unsaturated/α-hetero) is 1. The number of rotatable bonds is 5. The zero-order valence-electron chi connectivity index (χ0n) is 20.5. The molecule has 2 N–H and O–H groups in total. The van der Waals surface area contributed by atoms with Gasteiger partial charge in [-0.2, -0.15) is 0 Å². The second-order valence-corrected chi connectivity index (χ2v) is 9.17. The van der Waals surface area contributed by atoms with Crippen LogP contribution in [-0.2, 0) is 9.59 Å². The average molecular weight is 472 g/mol. The molecule has 6 nitrogen and oxygen atoms in total. The van der Waals surface area contributed by atoms with Crippen LogP contribution in [-0.4, -0.2) is 29.0 Å². The number of anilines is 1. The molecule has 1 fully saturated rings. The Balaban J connectivity index is 1.97. The average Bonchev–Trinajstić information content (AvgIpc) is 3.09. The minimum Gasteiger partial charge on any atom is -0.508 e. The van der Waals surface area contributed by atoms with Crippen molar-refractivity contribution in [1.29, 1.82) is 0 Å². The number of ketones is 1. The molecule has 1 unspecified atom stereocenters. The third-order valence-corrected chi connectivity index (χ3v) is 6.37. The summed E-state index contributed by atoms with van der Waals surface area (Å²) < 4.78 is 5.54. The van der Waals surface area contributed by atoms with E-state index in [1.54, 1.807) is 18.2 Å². The summed E-state index contributed by atoms with van der Waals surface area (Å²) >= 11 is 0. The van der Waals surface area contributed by atoms with Crippen molar-refractivity contribution in [1.82, 2.24) is 0 Å². The number of carbonyl (C=O) groups is 2. The highest BCUT2D eigenvalue weighted by Crippen LogP contribution is 2.44. The molecule has 1 heterocycles. The summed E-state index contributed by atoms with van der Waals surface area (Å²) in [5.41, 5.74) is 4.23. The smallest absolute Gasteiger partial charge is 0.300 e. The highest BCUT2D eigenvalue weighted by Gasteiger charge is 2.47. The number of hydrogen-bond donors (Lipinski definition) is 2. The molecule has 0 radical (unpaired) electrons. The number of phenols is 1. The fourth-order valence-corrected chi connectivity index (χ4v) is 4.64. The number of aliphatic hydroxyl groups excluding tert-OH is 1. The van der Waals surface area contributed by atoms with Crippen molar-refractivity contribution in [2.24, 2.45) is 0 Å². The topological polar surface area (TPSA) is 87.1 Å². The van der Waals surface area contributed by atoms with Gasteiger partial charge in [0.25, 0.3) is 11.7 Å². The van der Waals surface area contributed by atoms with Crippen molar-refractivity contribution in [2.45, 2.75) is 39.7 Å². The second kappa shape index (κ2) is 9.29. The first-order valence-corrected chi connectivity index (χ1v) is 11.5. The number of amides is 1. The number of hydrogen-bond acceptors (Lipinski definition) is 5. The van der Waals surface area contributed by atoms with Gasteiger partial charge in [-0.3, -0.25) is 14.5 Å². The molecule has 0 saturated carbocycles. The quantitative estimate of drug-likeness (QED) is 0.280. The lowest BCUT2D eigenvalue weighted by Gasteiger charge is -2.26. The Bertz CT molecular complexity index is 1320. The van der Waals surface area contributed by atoms with Crippen LogP contribution in [0.3, 0.4) is 0 Å². The standard InChI is InChI=1S/C29H29NO5/c1-16(2)19-6-10-21(11-7-19)30-25(20-8-12-22(31)13-9-20)24(27(33)29(30)34)26(32)23-15-17(3)14-18(4)28(23)35-5/h6-16,25,31-32H,1-5H3/b26-24+. The Labute approximate surface area is 205 Å². The van der Waals surface area contributed by atoms with Gasteiger partial charge in [0.1, 0.15) is 17.3 Å². The molecule has 0 aromatic heterocycles. The van der Waals surface area contributed by atoms with Crippen molar-refractivity contribution in [3.8, 4) is 11.5 Å². The molecule has 1 atom stereocenters. The summed E-state index contributed by atoms with van der Waals surface area (Å²) in [6.45, 7) is 7.90. The zero-order chi connectivity index (χ0) is 25.4. The van der Waals surface area contributed by atoms with Crippen LogP contribution in [0.25, 0.3) is 5.76 Å². The first-order chi connectivity index (χ1) is 16.6. The van der Waals surface area contributed by atoms with Crippen LogP contribution in [0.5, 0.6) is 11.5 Å². The van der Waals surface area contributed by atoms with E-state index in [2.05, 4.69) is 13.8 Å². The molecule has 3 aromatic carbocycles. The third kappa shape index (κ3) is 4.28. The summed E-state index contributed by atoms with van der Waals surface area (Å²) in [6.07, 6.45) is 0. The Morgan fingerprint density at radius 3 is 2.17 bits per heavy atom. The SMILES string of the molecule is COc1c(C)cc(C)cc1/C(O)=C1\C(=O)C(=O)N(c2ccc(C(C)C)cc2)C1c1ccc(O)cc1. The van der Waals surface area contributed by atoms with Gasteiger partial charge in [0, 0.05) is 5.69 Å². The molecule has 3 aromatic rings. The molecule has 1 aliphatic rings. The van der Waals surface area contributed by atoms with Crippen LogP contribution in [0.1, 0.15) is 53.6 Å². The van der Waals surface area contributed by atoms with Gasteiger partial charge in [0.05, 0.1) is 24.3 Å². The number of benzene rings is 3. The molecule has 1 aliphatic heterocycles. The van der Waals surface area contributed by atoms with Gasteiger partial charge in [0.15, 0.2) is 0 Å².